The van der Waals surface area contributed by atoms with Crippen LogP contribution in [0.1, 0.15) is 27.7 Å². The Balaban J connectivity index is 2.08. The third-order valence-corrected chi connectivity index (χ3v) is 3.83. The molecule has 0 bridgehead atoms. The van der Waals surface area contributed by atoms with Crippen LogP contribution in [0.4, 0.5) is 10.5 Å². The van der Waals surface area contributed by atoms with Crippen molar-refractivity contribution in [3.8, 4) is 0 Å². The largest absolute Gasteiger partial charge is 0.363 e. The summed E-state index contributed by atoms with van der Waals surface area (Å²) in [4.78, 5) is 26.0. The fourth-order valence-electron chi connectivity index (χ4n) is 2.38. The van der Waals surface area contributed by atoms with Crippen molar-refractivity contribution in [2.45, 2.75) is 39.3 Å². The average molecular weight is 327 g/mol. The highest BCUT2D eigenvalue weighted by molar-refractivity contribution is 5.98. The van der Waals surface area contributed by atoms with Gasteiger partial charge >= 0.3 is 6.03 Å². The molecule has 0 aliphatic carbocycles. The first-order valence-corrected chi connectivity index (χ1v) is 8.02. The number of hydrogen-bond donors (Lipinski definition) is 2. The Kier molecular flexibility index (Phi) is 5.12. The molecule has 0 radical (unpaired) electrons. The van der Waals surface area contributed by atoms with E-state index in [9.17, 15) is 9.59 Å². The molecule has 0 saturated carbocycles. The first kappa shape index (κ1) is 17.8. The summed E-state index contributed by atoms with van der Waals surface area (Å²) in [5.74, 6) is -0.340. The van der Waals surface area contributed by atoms with Crippen LogP contribution in [0.5, 0.6) is 0 Å². The molecular weight excluding hydrogens is 302 g/mol. The van der Waals surface area contributed by atoms with Gasteiger partial charge in [0.25, 0.3) is 0 Å². The molecule has 0 spiro atoms. The number of urea groups is 1. The van der Waals surface area contributed by atoms with Crippen molar-refractivity contribution in [1.82, 2.24) is 10.6 Å². The van der Waals surface area contributed by atoms with Crippen molar-refractivity contribution in [2.24, 2.45) is 0 Å². The van der Waals surface area contributed by atoms with Crippen LogP contribution in [-0.4, -0.2) is 30.6 Å². The molecule has 0 fully saturated rings. The van der Waals surface area contributed by atoms with Crippen LogP contribution in [0.15, 0.2) is 42.5 Å². The van der Waals surface area contributed by atoms with Gasteiger partial charge in [-0.2, -0.15) is 0 Å². The van der Waals surface area contributed by atoms with Crippen molar-refractivity contribution >= 4 is 28.4 Å². The SMILES string of the molecule is CC(C(=O)NC(=O)NC(C)(C)C)N(C)c1ccc2ccccc2c1. The smallest absolute Gasteiger partial charge is 0.321 e. The lowest BCUT2D eigenvalue weighted by atomic mass is 10.1. The van der Waals surface area contributed by atoms with E-state index in [1.165, 1.54) is 0 Å². The van der Waals surface area contributed by atoms with Crippen molar-refractivity contribution in [3.63, 3.8) is 0 Å². The molecule has 2 aromatic rings. The van der Waals surface area contributed by atoms with Crippen LogP contribution in [0, 0.1) is 0 Å². The van der Waals surface area contributed by atoms with Crippen molar-refractivity contribution in [2.75, 3.05) is 11.9 Å². The van der Waals surface area contributed by atoms with E-state index in [0.717, 1.165) is 16.5 Å². The lowest BCUT2D eigenvalue weighted by Crippen LogP contribution is -2.52. The standard InChI is InChI=1S/C19H25N3O2/c1-13(17(23)20-18(24)21-19(2,3)4)22(5)16-11-10-14-8-6-7-9-15(14)12-16/h6-13H,1-5H3,(H2,20,21,23,24). The number of benzene rings is 2. The highest BCUT2D eigenvalue weighted by Gasteiger charge is 2.22. The molecule has 128 valence electrons. The molecule has 3 amide bonds. The maximum atomic E-state index is 12.3. The zero-order valence-corrected chi connectivity index (χ0v) is 14.9. The molecule has 0 aliphatic heterocycles. The molecule has 24 heavy (non-hydrogen) atoms. The number of nitrogens with one attached hydrogen (secondary N) is 2. The Hall–Kier alpha value is -2.56. The number of rotatable bonds is 3. The fourth-order valence-corrected chi connectivity index (χ4v) is 2.38. The number of carbonyl (C=O) groups excluding carboxylic acids is 2. The summed E-state index contributed by atoms with van der Waals surface area (Å²) in [6.45, 7) is 7.36. The van der Waals surface area contributed by atoms with Crippen LogP contribution >= 0.6 is 0 Å². The predicted octanol–water partition coefficient (Wildman–Crippen LogP) is 3.29. The van der Waals surface area contributed by atoms with Crippen LogP contribution in [0.25, 0.3) is 10.8 Å². The molecule has 1 unspecified atom stereocenters. The number of carbonyl (C=O) groups is 2. The number of imide groups is 1. The minimum absolute atomic E-state index is 0.340. The van der Waals surface area contributed by atoms with Gasteiger partial charge in [0, 0.05) is 18.3 Å². The van der Waals surface area contributed by atoms with Gasteiger partial charge in [-0.25, -0.2) is 4.79 Å². The van der Waals surface area contributed by atoms with E-state index in [0.29, 0.717) is 0 Å². The molecule has 1 atom stereocenters. The summed E-state index contributed by atoms with van der Waals surface area (Å²) in [5.41, 5.74) is 0.533. The lowest BCUT2D eigenvalue weighted by Gasteiger charge is -2.27. The van der Waals surface area contributed by atoms with Gasteiger partial charge in [-0.3, -0.25) is 10.1 Å². The van der Waals surface area contributed by atoms with E-state index in [-0.39, 0.29) is 5.91 Å². The van der Waals surface area contributed by atoms with E-state index in [4.69, 9.17) is 0 Å². The highest BCUT2D eigenvalue weighted by atomic mass is 16.2. The number of likely N-dealkylation sites (N-methyl/N-ethyl adjacent to an activating group) is 1. The number of fused-ring (bicyclic) bond motifs is 1. The van der Waals surface area contributed by atoms with Crippen molar-refractivity contribution in [3.05, 3.63) is 42.5 Å². The van der Waals surface area contributed by atoms with Crippen LogP contribution in [0.2, 0.25) is 0 Å². The van der Waals surface area contributed by atoms with Gasteiger partial charge in [0.05, 0.1) is 0 Å². The Morgan fingerprint density at radius 2 is 1.67 bits per heavy atom. The number of nitrogens with zero attached hydrogens (tertiary/aromatic N) is 1. The third kappa shape index (κ3) is 4.47. The number of amides is 3. The zero-order chi connectivity index (χ0) is 17.9. The fraction of sp³-hybridized carbons (Fsp3) is 0.368. The minimum atomic E-state index is -0.480. The van der Waals surface area contributed by atoms with Gasteiger partial charge in [0.2, 0.25) is 5.91 Å². The normalized spacial score (nSPS) is 12.5. The van der Waals surface area contributed by atoms with Gasteiger partial charge in [-0.15, -0.1) is 0 Å². The maximum Gasteiger partial charge on any atom is 0.321 e. The molecule has 0 heterocycles. The van der Waals surface area contributed by atoms with Crippen LogP contribution < -0.4 is 15.5 Å². The molecular formula is C19H25N3O2. The number of hydrogen-bond acceptors (Lipinski definition) is 3. The van der Waals surface area contributed by atoms with E-state index < -0.39 is 17.6 Å². The van der Waals surface area contributed by atoms with Crippen LogP contribution in [0.3, 0.4) is 0 Å². The molecule has 5 heteroatoms. The van der Waals surface area contributed by atoms with E-state index in [2.05, 4.69) is 10.6 Å². The summed E-state index contributed by atoms with van der Waals surface area (Å²) in [6.07, 6.45) is 0. The second-order valence-corrected chi connectivity index (χ2v) is 7.01. The zero-order valence-electron chi connectivity index (χ0n) is 14.9. The highest BCUT2D eigenvalue weighted by Crippen LogP contribution is 2.22. The first-order chi connectivity index (χ1) is 11.2. The first-order valence-electron chi connectivity index (χ1n) is 8.02. The molecule has 2 aromatic carbocycles. The molecule has 2 rings (SSSR count). The van der Waals surface area contributed by atoms with E-state index >= 15 is 0 Å². The van der Waals surface area contributed by atoms with E-state index in [1.54, 1.807) is 6.92 Å². The lowest BCUT2D eigenvalue weighted by molar-refractivity contribution is -0.120. The van der Waals surface area contributed by atoms with Gasteiger partial charge < -0.3 is 10.2 Å². The quantitative estimate of drug-likeness (QED) is 0.909. The van der Waals surface area contributed by atoms with Gasteiger partial charge in [0.1, 0.15) is 6.04 Å². The molecule has 5 nitrogen and oxygen atoms in total. The number of anilines is 1. The monoisotopic (exact) mass is 327 g/mol. The Morgan fingerprint density at radius 3 is 2.29 bits per heavy atom. The second kappa shape index (κ2) is 6.91. The molecule has 2 N–H and O–H groups in total. The molecule has 0 aromatic heterocycles. The minimum Gasteiger partial charge on any atom is -0.363 e. The topological polar surface area (TPSA) is 61.4 Å². The summed E-state index contributed by atoms with van der Waals surface area (Å²) in [7, 11) is 1.84. The molecule has 0 aliphatic rings. The third-order valence-electron chi connectivity index (χ3n) is 3.83. The van der Waals surface area contributed by atoms with E-state index in [1.807, 2.05) is 75.2 Å². The maximum absolute atomic E-state index is 12.3. The Labute approximate surface area is 143 Å². The Morgan fingerprint density at radius 1 is 1.04 bits per heavy atom. The van der Waals surface area contributed by atoms with Crippen molar-refractivity contribution < 1.29 is 9.59 Å². The average Bonchev–Trinajstić information content (AvgIpc) is 2.51. The predicted molar refractivity (Wildman–Crippen MR) is 98.2 cm³/mol. The molecule has 0 saturated heterocycles. The van der Waals surface area contributed by atoms with Crippen LogP contribution in [-0.2, 0) is 4.79 Å². The van der Waals surface area contributed by atoms with Gasteiger partial charge in [-0.05, 0) is 50.6 Å². The summed E-state index contributed by atoms with van der Waals surface area (Å²) in [6, 6.07) is 13.1. The Bertz CT molecular complexity index is 750. The summed E-state index contributed by atoms with van der Waals surface area (Å²) >= 11 is 0. The summed E-state index contributed by atoms with van der Waals surface area (Å²) in [5, 5.41) is 7.37. The van der Waals surface area contributed by atoms with Gasteiger partial charge in [-0.1, -0.05) is 30.3 Å². The van der Waals surface area contributed by atoms with Gasteiger partial charge in [0.15, 0.2) is 0 Å². The van der Waals surface area contributed by atoms with Crippen molar-refractivity contribution in [1.29, 1.82) is 0 Å². The second-order valence-electron chi connectivity index (χ2n) is 7.01. The summed E-state index contributed by atoms with van der Waals surface area (Å²) < 4.78 is 0.